The fraction of sp³-hybridized carbons (Fsp3) is 0.826. The Morgan fingerprint density at radius 1 is 0.906 bits per heavy atom. The van der Waals surface area contributed by atoms with Crippen molar-refractivity contribution < 1.29 is 24.3 Å². The van der Waals surface area contributed by atoms with Gasteiger partial charge in [-0.15, -0.1) is 0 Å². The van der Waals surface area contributed by atoms with Gasteiger partial charge in [0, 0.05) is 0 Å². The molecule has 5 unspecified atom stereocenters. The zero-order valence-corrected chi connectivity index (χ0v) is 20.4. The molecule has 0 aromatic carbocycles. The molecule has 0 bridgehead atoms. The number of carbonyl (C=O) groups is 4. The van der Waals surface area contributed by atoms with Crippen LogP contribution in [0.5, 0.6) is 0 Å². The largest absolute Gasteiger partial charge is 0.480 e. The summed E-state index contributed by atoms with van der Waals surface area (Å²) in [7, 11) is 0. The van der Waals surface area contributed by atoms with Gasteiger partial charge in [0.15, 0.2) is 0 Å². The van der Waals surface area contributed by atoms with Gasteiger partial charge < -0.3 is 26.4 Å². The lowest BCUT2D eigenvalue weighted by molar-refractivity contribution is -0.143. The predicted molar refractivity (Wildman–Crippen MR) is 123 cm³/mol. The minimum Gasteiger partial charge on any atom is -0.480 e. The Morgan fingerprint density at radius 2 is 1.47 bits per heavy atom. The maximum atomic E-state index is 13.1. The van der Waals surface area contributed by atoms with E-state index in [1.807, 2.05) is 41.5 Å². The summed E-state index contributed by atoms with van der Waals surface area (Å²) in [4.78, 5) is 50.2. The molecule has 5 N–H and O–H groups in total. The number of rotatable bonds is 13. The molecule has 1 aliphatic heterocycles. The van der Waals surface area contributed by atoms with Crippen molar-refractivity contribution in [2.45, 2.75) is 97.8 Å². The molecule has 0 saturated carbocycles. The molecule has 1 fully saturated rings. The van der Waals surface area contributed by atoms with Gasteiger partial charge in [-0.25, -0.2) is 4.79 Å². The van der Waals surface area contributed by atoms with Crippen LogP contribution in [0.3, 0.4) is 0 Å². The van der Waals surface area contributed by atoms with Crippen LogP contribution < -0.4 is 21.3 Å². The molecule has 32 heavy (non-hydrogen) atoms. The first kappa shape index (κ1) is 27.9. The topological polar surface area (TPSA) is 137 Å². The van der Waals surface area contributed by atoms with Crippen molar-refractivity contribution in [1.29, 1.82) is 0 Å². The average Bonchev–Trinajstić information content (AvgIpc) is 3.24. The van der Waals surface area contributed by atoms with Crippen molar-refractivity contribution >= 4 is 23.7 Å². The van der Waals surface area contributed by atoms with Crippen LogP contribution in [0.2, 0.25) is 0 Å². The van der Waals surface area contributed by atoms with Gasteiger partial charge in [-0.3, -0.25) is 14.4 Å². The summed E-state index contributed by atoms with van der Waals surface area (Å²) in [5, 5.41) is 20.8. The van der Waals surface area contributed by atoms with Crippen LogP contribution in [0.4, 0.5) is 0 Å². The Balaban J connectivity index is 2.94. The monoisotopic (exact) mass is 454 g/mol. The highest BCUT2D eigenvalue weighted by Crippen LogP contribution is 2.13. The quantitative estimate of drug-likeness (QED) is 0.285. The third-order valence-corrected chi connectivity index (χ3v) is 5.83. The highest BCUT2D eigenvalue weighted by molar-refractivity contribution is 5.94. The van der Waals surface area contributed by atoms with Gasteiger partial charge in [0.25, 0.3) is 0 Å². The summed E-state index contributed by atoms with van der Waals surface area (Å²) in [6.45, 7) is 12.2. The van der Waals surface area contributed by atoms with E-state index < -0.39 is 35.9 Å². The number of hydrogen-bond acceptors (Lipinski definition) is 5. The molecule has 0 radical (unpaired) electrons. The third kappa shape index (κ3) is 9.14. The first-order valence-corrected chi connectivity index (χ1v) is 11.8. The molecule has 1 rings (SSSR count). The van der Waals surface area contributed by atoms with E-state index in [0.29, 0.717) is 19.3 Å². The Bertz CT molecular complexity index is 646. The number of carbonyl (C=O) groups excluding carboxylic acids is 3. The van der Waals surface area contributed by atoms with Crippen molar-refractivity contribution in [1.82, 2.24) is 21.3 Å². The maximum Gasteiger partial charge on any atom is 0.326 e. The smallest absolute Gasteiger partial charge is 0.326 e. The molecule has 0 aromatic heterocycles. The summed E-state index contributed by atoms with van der Waals surface area (Å²) >= 11 is 0. The van der Waals surface area contributed by atoms with Crippen LogP contribution >= 0.6 is 0 Å². The van der Waals surface area contributed by atoms with E-state index in [2.05, 4.69) is 21.3 Å². The van der Waals surface area contributed by atoms with Crippen molar-refractivity contribution in [2.75, 3.05) is 6.54 Å². The molecule has 184 valence electrons. The second kappa shape index (κ2) is 13.4. The van der Waals surface area contributed by atoms with Crippen LogP contribution in [-0.4, -0.2) is 59.5 Å². The van der Waals surface area contributed by atoms with E-state index in [1.54, 1.807) is 0 Å². The lowest BCUT2D eigenvalue weighted by Crippen LogP contribution is -2.58. The molecule has 1 heterocycles. The molecule has 3 amide bonds. The summed E-state index contributed by atoms with van der Waals surface area (Å²) < 4.78 is 0. The summed E-state index contributed by atoms with van der Waals surface area (Å²) in [6.07, 6.45) is 2.97. The SMILES string of the molecule is CCC(C)C(NC(=O)C1CCCN1)C(=O)NC(CC(C)C)C(=O)NC(CC(C)C)C(=O)O. The zero-order valence-electron chi connectivity index (χ0n) is 20.4. The van der Waals surface area contributed by atoms with E-state index in [4.69, 9.17) is 0 Å². The fourth-order valence-corrected chi connectivity index (χ4v) is 3.79. The van der Waals surface area contributed by atoms with Gasteiger partial charge >= 0.3 is 5.97 Å². The van der Waals surface area contributed by atoms with Crippen LogP contribution in [0.1, 0.15) is 73.6 Å². The van der Waals surface area contributed by atoms with E-state index >= 15 is 0 Å². The van der Waals surface area contributed by atoms with Crippen LogP contribution in [0, 0.1) is 17.8 Å². The lowest BCUT2D eigenvalue weighted by atomic mass is 9.96. The summed E-state index contributed by atoms with van der Waals surface area (Å²) in [5.41, 5.74) is 0. The summed E-state index contributed by atoms with van der Waals surface area (Å²) in [6, 6.07) is -2.99. The number of hydrogen-bond donors (Lipinski definition) is 5. The molecule has 9 heteroatoms. The molecular weight excluding hydrogens is 412 g/mol. The van der Waals surface area contributed by atoms with Gasteiger partial charge in [-0.1, -0.05) is 48.0 Å². The number of carboxylic acids is 1. The van der Waals surface area contributed by atoms with Crippen molar-refractivity contribution in [3.05, 3.63) is 0 Å². The molecule has 0 aliphatic carbocycles. The predicted octanol–water partition coefficient (Wildman–Crippen LogP) is 1.42. The molecule has 9 nitrogen and oxygen atoms in total. The molecule has 5 atom stereocenters. The first-order chi connectivity index (χ1) is 15.0. The van der Waals surface area contributed by atoms with Gasteiger partial charge in [-0.05, 0) is 50.0 Å². The van der Waals surface area contributed by atoms with Gasteiger partial charge in [-0.2, -0.15) is 0 Å². The van der Waals surface area contributed by atoms with Gasteiger partial charge in [0.2, 0.25) is 17.7 Å². The molecule has 0 spiro atoms. The van der Waals surface area contributed by atoms with E-state index in [0.717, 1.165) is 19.4 Å². The molecule has 1 saturated heterocycles. The first-order valence-electron chi connectivity index (χ1n) is 11.8. The fourth-order valence-electron chi connectivity index (χ4n) is 3.79. The van der Waals surface area contributed by atoms with Crippen molar-refractivity contribution in [3.8, 4) is 0 Å². The minimum absolute atomic E-state index is 0.0868. The molecular formula is C23H42N4O5. The van der Waals surface area contributed by atoms with Crippen molar-refractivity contribution in [2.24, 2.45) is 17.8 Å². The molecule has 1 aliphatic rings. The normalized spacial score (nSPS) is 19.8. The zero-order chi connectivity index (χ0) is 24.4. The Hall–Kier alpha value is -2.16. The highest BCUT2D eigenvalue weighted by atomic mass is 16.4. The second-order valence-corrected chi connectivity index (χ2v) is 9.74. The summed E-state index contributed by atoms with van der Waals surface area (Å²) in [5.74, 6) is -2.21. The van der Waals surface area contributed by atoms with Gasteiger partial charge in [0.1, 0.15) is 18.1 Å². The second-order valence-electron chi connectivity index (χ2n) is 9.74. The lowest BCUT2D eigenvalue weighted by Gasteiger charge is -2.28. The Morgan fingerprint density at radius 3 is 1.94 bits per heavy atom. The number of amides is 3. The van der Waals surface area contributed by atoms with E-state index in [9.17, 15) is 24.3 Å². The minimum atomic E-state index is -1.10. The third-order valence-electron chi connectivity index (χ3n) is 5.83. The van der Waals surface area contributed by atoms with Crippen LogP contribution in [0.15, 0.2) is 0 Å². The number of carboxylic acid groups (broad SMARTS) is 1. The van der Waals surface area contributed by atoms with E-state index in [-0.39, 0.29) is 29.7 Å². The van der Waals surface area contributed by atoms with Crippen LogP contribution in [0.25, 0.3) is 0 Å². The highest BCUT2D eigenvalue weighted by Gasteiger charge is 2.33. The number of aliphatic carboxylic acids is 1. The van der Waals surface area contributed by atoms with E-state index in [1.165, 1.54) is 0 Å². The number of nitrogens with one attached hydrogen (secondary N) is 4. The molecule has 0 aromatic rings. The Kier molecular flexibility index (Phi) is 11.7. The van der Waals surface area contributed by atoms with Gasteiger partial charge in [0.05, 0.1) is 6.04 Å². The standard InChI is InChI=1S/C23H42N4O5/c1-7-15(6)19(27-20(28)16-9-8-10-24-16)22(30)25-17(11-13(2)3)21(29)26-18(23(31)32)12-14(4)5/h13-19,24H,7-12H2,1-6H3,(H,25,30)(H,26,29)(H,27,28)(H,31,32). The van der Waals surface area contributed by atoms with Crippen molar-refractivity contribution in [3.63, 3.8) is 0 Å². The van der Waals surface area contributed by atoms with Crippen LogP contribution in [-0.2, 0) is 19.2 Å². The average molecular weight is 455 g/mol. The maximum absolute atomic E-state index is 13.1. The Labute approximate surface area is 191 Å².